The molecule has 0 aromatic heterocycles. The minimum absolute atomic E-state index is 0.0504. The van der Waals surface area contributed by atoms with Gasteiger partial charge >= 0.3 is 0 Å². The highest BCUT2D eigenvalue weighted by Gasteiger charge is 2.38. The third-order valence-corrected chi connectivity index (χ3v) is 2.98. The Morgan fingerprint density at radius 3 is 2.55 bits per heavy atom. The fourth-order valence-corrected chi connectivity index (χ4v) is 1.89. The molecule has 4 atom stereocenters. The van der Waals surface area contributed by atoms with E-state index in [1.165, 1.54) is 0 Å². The first-order valence-electron chi connectivity index (χ1n) is 3.63. The van der Waals surface area contributed by atoms with Crippen LogP contribution in [0.2, 0.25) is 0 Å². The molecule has 1 aliphatic carbocycles. The molecule has 0 amide bonds. The van der Waals surface area contributed by atoms with Crippen LogP contribution in [0.5, 0.6) is 0 Å². The van der Waals surface area contributed by atoms with E-state index in [9.17, 15) is 5.11 Å². The maximum absolute atomic E-state index is 9.43. The maximum atomic E-state index is 9.43. The van der Waals surface area contributed by atoms with E-state index in [1.54, 1.807) is 0 Å². The molecule has 0 saturated heterocycles. The van der Waals surface area contributed by atoms with Crippen molar-refractivity contribution in [1.82, 2.24) is 5.23 Å². The maximum Gasteiger partial charge on any atom is 0.178 e. The third kappa shape index (κ3) is 1.72. The molecule has 1 rings (SSSR count). The molecule has 11 heavy (non-hydrogen) atoms. The van der Waals surface area contributed by atoms with Gasteiger partial charge < -0.3 is 15.4 Å². The minimum Gasteiger partial charge on any atom is -0.396 e. The van der Waals surface area contributed by atoms with Crippen LogP contribution in [-0.2, 0) is 0 Å². The Balaban J connectivity index is 2.53. The highest BCUT2D eigenvalue weighted by Crippen LogP contribution is 2.29. The fraction of sp³-hybridized carbons (Fsp3) is 1.00. The normalized spacial score (nSPS) is 44.6. The molecular weight excluding hydrogens is 161 g/mol. The Morgan fingerprint density at radius 2 is 2.27 bits per heavy atom. The van der Waals surface area contributed by atoms with E-state index in [0.717, 1.165) is 0 Å². The quantitative estimate of drug-likeness (QED) is 0.310. The van der Waals surface area contributed by atoms with Crippen molar-refractivity contribution in [2.24, 2.45) is 5.92 Å². The second kappa shape index (κ2) is 3.80. The molecule has 0 bridgehead atoms. The van der Waals surface area contributed by atoms with Crippen LogP contribution >= 0.6 is 12.6 Å². The summed E-state index contributed by atoms with van der Waals surface area (Å²) >= 11 is 4.17. The Morgan fingerprint density at radius 1 is 1.64 bits per heavy atom. The van der Waals surface area contributed by atoms with Gasteiger partial charge in [0.05, 0.1) is 6.10 Å². The van der Waals surface area contributed by atoms with Gasteiger partial charge in [-0.25, -0.2) is 0 Å². The van der Waals surface area contributed by atoms with Crippen LogP contribution in [0, 0.1) is 5.92 Å². The van der Waals surface area contributed by atoms with Gasteiger partial charge in [0.25, 0.3) is 0 Å². The van der Waals surface area contributed by atoms with Crippen molar-refractivity contribution >= 4 is 20.6 Å². The highest BCUT2D eigenvalue weighted by atomic mass is 32.1. The number of aliphatic hydroxyl groups excluding tert-OH is 2. The predicted octanol–water partition coefficient (Wildman–Crippen LogP) is -1.30. The highest BCUT2D eigenvalue weighted by molar-refractivity contribution is 7.81. The average Bonchev–Trinajstić information content (AvgIpc) is 2.30. The van der Waals surface area contributed by atoms with Crippen LogP contribution in [-0.4, -0.2) is 42.2 Å². The summed E-state index contributed by atoms with van der Waals surface area (Å²) in [4.78, 5) is 0. The summed E-state index contributed by atoms with van der Waals surface area (Å²) in [6.07, 6.45) is 0.128. The van der Waals surface area contributed by atoms with Gasteiger partial charge in [0, 0.05) is 17.9 Å². The van der Waals surface area contributed by atoms with Crippen LogP contribution in [0.1, 0.15) is 6.42 Å². The molecule has 0 spiro atoms. The van der Waals surface area contributed by atoms with Gasteiger partial charge in [0.15, 0.2) is 7.98 Å². The summed E-state index contributed by atoms with van der Waals surface area (Å²) in [5.41, 5.74) is 0. The summed E-state index contributed by atoms with van der Waals surface area (Å²) in [5.74, 6) is 0.0504. The lowest BCUT2D eigenvalue weighted by Crippen LogP contribution is -2.37. The van der Waals surface area contributed by atoms with E-state index < -0.39 is 6.10 Å². The van der Waals surface area contributed by atoms with Crippen molar-refractivity contribution in [3.63, 3.8) is 0 Å². The summed E-state index contributed by atoms with van der Waals surface area (Å²) < 4.78 is 0. The first-order valence-corrected chi connectivity index (χ1v) is 4.15. The van der Waals surface area contributed by atoms with Crippen LogP contribution < -0.4 is 5.23 Å². The zero-order valence-corrected chi connectivity index (χ0v) is 7.04. The van der Waals surface area contributed by atoms with Gasteiger partial charge in [-0.05, 0) is 12.3 Å². The number of hydrogen-bond donors (Lipinski definition) is 4. The van der Waals surface area contributed by atoms with Gasteiger partial charge in [-0.2, -0.15) is 12.6 Å². The smallest absolute Gasteiger partial charge is 0.178 e. The van der Waals surface area contributed by atoms with Gasteiger partial charge in [-0.15, -0.1) is 0 Å². The molecule has 0 heterocycles. The van der Waals surface area contributed by atoms with Crippen molar-refractivity contribution in [2.75, 3.05) is 6.61 Å². The van der Waals surface area contributed by atoms with Crippen molar-refractivity contribution in [2.45, 2.75) is 23.8 Å². The lowest BCUT2D eigenvalue weighted by Gasteiger charge is -2.15. The van der Waals surface area contributed by atoms with Crippen LogP contribution in [0.4, 0.5) is 0 Å². The fourth-order valence-electron chi connectivity index (χ4n) is 1.47. The molecule has 3 N–H and O–H groups in total. The van der Waals surface area contributed by atoms with Crippen molar-refractivity contribution < 1.29 is 10.2 Å². The third-order valence-electron chi connectivity index (χ3n) is 2.25. The number of hydrogen-bond acceptors (Lipinski definition) is 4. The summed E-state index contributed by atoms with van der Waals surface area (Å²) in [7, 11) is 5.18. The Bertz CT molecular complexity index is 120. The molecule has 1 unspecified atom stereocenters. The van der Waals surface area contributed by atoms with Crippen molar-refractivity contribution in [1.29, 1.82) is 0 Å². The molecule has 2 radical (unpaired) electrons. The topological polar surface area (TPSA) is 52.5 Å². The molecule has 1 fully saturated rings. The van der Waals surface area contributed by atoms with Crippen molar-refractivity contribution in [3.05, 3.63) is 0 Å². The van der Waals surface area contributed by atoms with E-state index in [-0.39, 0.29) is 23.8 Å². The largest absolute Gasteiger partial charge is 0.396 e. The Hall–Kier alpha value is 0.295. The molecular formula is C6H12BNO2S. The van der Waals surface area contributed by atoms with Gasteiger partial charge in [0.2, 0.25) is 0 Å². The SMILES string of the molecule is [B]N[C@@H]1CC(CO)[C@H](S)[C@H]1O. The lowest BCUT2D eigenvalue weighted by molar-refractivity contribution is 0.155. The summed E-state index contributed by atoms with van der Waals surface area (Å²) in [6, 6.07) is -0.130. The monoisotopic (exact) mass is 173 g/mol. The predicted molar refractivity (Wildman–Crippen MR) is 46.7 cm³/mol. The second-order valence-corrected chi connectivity index (χ2v) is 3.53. The van der Waals surface area contributed by atoms with Gasteiger partial charge in [-0.1, -0.05) is 0 Å². The van der Waals surface area contributed by atoms with E-state index in [2.05, 4.69) is 17.9 Å². The van der Waals surface area contributed by atoms with Crippen molar-refractivity contribution in [3.8, 4) is 0 Å². The van der Waals surface area contributed by atoms with E-state index >= 15 is 0 Å². The number of thiol groups is 1. The zero-order chi connectivity index (χ0) is 8.43. The summed E-state index contributed by atoms with van der Waals surface area (Å²) in [5, 5.41) is 20.6. The first-order chi connectivity index (χ1) is 5.20. The van der Waals surface area contributed by atoms with Crippen LogP contribution in [0.25, 0.3) is 0 Å². The van der Waals surface area contributed by atoms with E-state index in [0.29, 0.717) is 6.42 Å². The minimum atomic E-state index is -0.555. The van der Waals surface area contributed by atoms with Crippen LogP contribution in [0.15, 0.2) is 0 Å². The molecule has 0 aliphatic heterocycles. The Kier molecular flexibility index (Phi) is 3.24. The van der Waals surface area contributed by atoms with Gasteiger partial charge in [-0.3, -0.25) is 0 Å². The average molecular weight is 173 g/mol. The number of aliphatic hydroxyl groups is 2. The lowest BCUT2D eigenvalue weighted by atomic mass is 10.1. The number of rotatable bonds is 2. The second-order valence-electron chi connectivity index (χ2n) is 2.93. The van der Waals surface area contributed by atoms with E-state index in [1.807, 2.05) is 0 Å². The number of nitrogens with one attached hydrogen (secondary N) is 1. The molecule has 1 saturated carbocycles. The molecule has 62 valence electrons. The zero-order valence-electron chi connectivity index (χ0n) is 6.14. The molecule has 3 nitrogen and oxygen atoms in total. The standard InChI is InChI=1S/C6H12BNO2S/c7-8-4-1-3(2-9)6(11)5(4)10/h3-6,8-11H,1-2H2/t3?,4-,5+,6+/m1/s1. The summed E-state index contributed by atoms with van der Waals surface area (Å²) in [6.45, 7) is 0.0589. The molecule has 0 aromatic carbocycles. The molecule has 1 aliphatic rings. The molecule has 5 heteroatoms. The van der Waals surface area contributed by atoms with Gasteiger partial charge in [0.1, 0.15) is 0 Å². The molecule has 0 aromatic rings. The first kappa shape index (κ1) is 9.38. The van der Waals surface area contributed by atoms with E-state index in [4.69, 9.17) is 13.1 Å². The Labute approximate surface area is 73.0 Å². The van der Waals surface area contributed by atoms with Crippen LogP contribution in [0.3, 0.4) is 0 Å².